The van der Waals surface area contributed by atoms with Crippen LogP contribution in [0.25, 0.3) is 0 Å². The minimum atomic E-state index is -1.05. The number of nitrogens with zero attached hydrogens (tertiary/aromatic N) is 1. The molecule has 1 fully saturated rings. The lowest BCUT2D eigenvalue weighted by Gasteiger charge is -2.47. The maximum absolute atomic E-state index is 12.3. The molecule has 0 radical (unpaired) electrons. The number of aromatic hydroxyl groups is 1. The molecule has 2 amide bonds. The smallest absolute Gasteiger partial charge is 0.508 e. The number of likely N-dealkylation sites (tertiary alicyclic amines) is 1. The molecule has 1 aromatic rings. The van der Waals surface area contributed by atoms with E-state index in [1.165, 1.54) is 12.1 Å². The molecule has 0 aliphatic carbocycles. The number of carbonyl (C=O) groups is 2. The van der Waals surface area contributed by atoms with Crippen molar-refractivity contribution in [3.05, 3.63) is 29.8 Å². The van der Waals surface area contributed by atoms with E-state index in [1.807, 2.05) is 20.8 Å². The lowest BCUT2D eigenvalue weighted by molar-refractivity contribution is -0.933. The van der Waals surface area contributed by atoms with E-state index in [4.69, 9.17) is 5.73 Å². The van der Waals surface area contributed by atoms with E-state index < -0.39 is 28.1 Å². The zero-order valence-corrected chi connectivity index (χ0v) is 13.1. The molecule has 1 heterocycles. The van der Waals surface area contributed by atoms with Crippen LogP contribution < -0.4 is 5.73 Å². The largest absolute Gasteiger partial charge is 0.515 e. The predicted octanol–water partition coefficient (Wildman–Crippen LogP) is 2.37. The van der Waals surface area contributed by atoms with E-state index in [0.29, 0.717) is 12.8 Å². The van der Waals surface area contributed by atoms with Crippen LogP contribution >= 0.6 is 0 Å². The van der Waals surface area contributed by atoms with E-state index in [2.05, 4.69) is 0 Å². The van der Waals surface area contributed by atoms with Gasteiger partial charge in [0.2, 0.25) is 0 Å². The summed E-state index contributed by atoms with van der Waals surface area (Å²) in [6.45, 7) is 5.45. The average molecular weight is 307 g/mol. The van der Waals surface area contributed by atoms with Crippen molar-refractivity contribution < 1.29 is 24.3 Å². The van der Waals surface area contributed by atoms with Crippen LogP contribution in [0.1, 0.15) is 45.2 Å². The Morgan fingerprint density at radius 3 is 2.14 bits per heavy atom. The van der Waals surface area contributed by atoms with Gasteiger partial charge >= 0.3 is 6.09 Å². The molecule has 6 nitrogen and oxygen atoms in total. The lowest BCUT2D eigenvalue weighted by atomic mass is 9.94. The first-order valence-electron chi connectivity index (χ1n) is 7.32. The molecule has 0 bridgehead atoms. The highest BCUT2D eigenvalue weighted by Crippen LogP contribution is 2.49. The normalized spacial score (nSPS) is 28.5. The molecule has 22 heavy (non-hydrogen) atoms. The van der Waals surface area contributed by atoms with Crippen molar-refractivity contribution in [1.29, 1.82) is 0 Å². The summed E-state index contributed by atoms with van der Waals surface area (Å²) in [6, 6.07) is 5.35. The molecule has 1 saturated heterocycles. The Kier molecular flexibility index (Phi) is 3.91. The number of rotatable bonds is 2. The van der Waals surface area contributed by atoms with Crippen molar-refractivity contribution in [1.82, 2.24) is 0 Å². The summed E-state index contributed by atoms with van der Waals surface area (Å²) in [5, 5.41) is 19.5. The Labute approximate surface area is 129 Å². The molecule has 2 rings (SSSR count). The number of primary amides is 1. The fraction of sp³-hybridized carbons (Fsp3) is 0.500. The second-order valence-corrected chi connectivity index (χ2v) is 6.83. The standard InChI is InChI=1S/C16H22N2O4/c1-16(2,3)18(15(21)22)12(8-9-13(18)14(17)20)10-4-6-11(19)7-5-10/h4-7,12-13H,8-9H2,1-3H3,(H3-,17,19,20,21,22)/p+1/t12-,13+,18?/m1/s1. The molecule has 1 unspecified atom stereocenters. The highest BCUT2D eigenvalue weighted by Gasteiger charge is 2.64. The van der Waals surface area contributed by atoms with Crippen molar-refractivity contribution in [2.45, 2.75) is 51.2 Å². The van der Waals surface area contributed by atoms with E-state index >= 15 is 0 Å². The van der Waals surface area contributed by atoms with Gasteiger partial charge in [-0.2, -0.15) is 4.79 Å². The number of carbonyl (C=O) groups excluding carboxylic acids is 1. The van der Waals surface area contributed by atoms with Gasteiger partial charge in [-0.3, -0.25) is 4.79 Å². The maximum Gasteiger partial charge on any atom is 0.515 e. The van der Waals surface area contributed by atoms with Crippen LogP contribution in [0, 0.1) is 0 Å². The predicted molar refractivity (Wildman–Crippen MR) is 81.1 cm³/mol. The van der Waals surface area contributed by atoms with Crippen LogP contribution in [-0.4, -0.2) is 38.3 Å². The fourth-order valence-corrected chi connectivity index (χ4v) is 3.87. The second kappa shape index (κ2) is 5.28. The van der Waals surface area contributed by atoms with Gasteiger partial charge in [-0.15, -0.1) is 0 Å². The van der Waals surface area contributed by atoms with Crippen molar-refractivity contribution in [2.24, 2.45) is 5.73 Å². The van der Waals surface area contributed by atoms with Gasteiger partial charge in [-0.05, 0) is 45.0 Å². The van der Waals surface area contributed by atoms with Crippen LogP contribution in [0.5, 0.6) is 5.75 Å². The SMILES string of the molecule is CC(C)(C)[N+]1(C(=O)O)[C@@H](c2ccc(O)cc2)CC[C@H]1C(N)=O. The summed E-state index contributed by atoms with van der Waals surface area (Å²) >= 11 is 0. The molecule has 1 aliphatic rings. The third-order valence-electron chi connectivity index (χ3n) is 4.73. The summed E-state index contributed by atoms with van der Waals surface area (Å²) in [5.41, 5.74) is 5.60. The molecular formula is C16H23N2O4+. The number of phenols is 1. The van der Waals surface area contributed by atoms with E-state index in [0.717, 1.165) is 5.56 Å². The van der Waals surface area contributed by atoms with Crippen LogP contribution in [-0.2, 0) is 4.79 Å². The zero-order chi connectivity index (χ0) is 16.7. The molecule has 0 aromatic heterocycles. The Morgan fingerprint density at radius 2 is 1.73 bits per heavy atom. The summed E-state index contributed by atoms with van der Waals surface area (Å²) in [7, 11) is 0. The van der Waals surface area contributed by atoms with Crippen LogP contribution in [0.4, 0.5) is 4.79 Å². The molecule has 3 atom stereocenters. The van der Waals surface area contributed by atoms with Gasteiger partial charge < -0.3 is 15.9 Å². The van der Waals surface area contributed by atoms with Gasteiger partial charge in [0.25, 0.3) is 5.91 Å². The van der Waals surface area contributed by atoms with Crippen molar-refractivity contribution in [3.8, 4) is 5.75 Å². The van der Waals surface area contributed by atoms with E-state index in [9.17, 15) is 19.8 Å². The zero-order valence-electron chi connectivity index (χ0n) is 13.1. The second-order valence-electron chi connectivity index (χ2n) is 6.83. The number of phenolic OH excluding ortho intramolecular Hbond substituents is 1. The Balaban J connectivity index is 2.64. The molecule has 120 valence electrons. The Bertz CT molecular complexity index is 591. The van der Waals surface area contributed by atoms with Crippen LogP contribution in [0.3, 0.4) is 0 Å². The monoisotopic (exact) mass is 307 g/mol. The van der Waals surface area contributed by atoms with Crippen LogP contribution in [0.15, 0.2) is 24.3 Å². The first kappa shape index (κ1) is 16.3. The summed E-state index contributed by atoms with van der Waals surface area (Å²) in [5.74, 6) is -0.462. The van der Waals surface area contributed by atoms with Gasteiger partial charge in [-0.25, -0.2) is 4.48 Å². The third kappa shape index (κ3) is 2.23. The quantitative estimate of drug-likeness (QED) is 0.730. The molecule has 1 aliphatic heterocycles. The van der Waals surface area contributed by atoms with Gasteiger partial charge in [0, 0.05) is 18.4 Å². The lowest BCUT2D eigenvalue weighted by Crippen LogP contribution is -2.69. The number of amides is 2. The number of quaternary nitrogens is 1. The first-order valence-corrected chi connectivity index (χ1v) is 7.32. The van der Waals surface area contributed by atoms with E-state index in [-0.39, 0.29) is 11.8 Å². The van der Waals surface area contributed by atoms with Crippen LogP contribution in [0.2, 0.25) is 0 Å². The third-order valence-corrected chi connectivity index (χ3v) is 4.73. The number of carboxylic acid groups (broad SMARTS) is 1. The topological polar surface area (TPSA) is 101 Å². The van der Waals surface area contributed by atoms with Gasteiger partial charge in [-0.1, -0.05) is 0 Å². The molecule has 0 saturated carbocycles. The van der Waals surface area contributed by atoms with E-state index in [1.54, 1.807) is 12.1 Å². The molecule has 0 spiro atoms. The van der Waals surface area contributed by atoms with Gasteiger partial charge in [0.15, 0.2) is 6.04 Å². The number of benzene rings is 1. The fourth-order valence-electron chi connectivity index (χ4n) is 3.87. The minimum Gasteiger partial charge on any atom is -0.508 e. The summed E-state index contributed by atoms with van der Waals surface area (Å²) in [4.78, 5) is 24.2. The number of nitrogens with two attached hydrogens (primary N) is 1. The van der Waals surface area contributed by atoms with Gasteiger partial charge in [0.05, 0.1) is 0 Å². The van der Waals surface area contributed by atoms with Gasteiger partial charge in [0.1, 0.15) is 17.3 Å². The summed E-state index contributed by atoms with van der Waals surface area (Å²) < 4.78 is -0.410. The first-order chi connectivity index (χ1) is 10.1. The molecular weight excluding hydrogens is 284 g/mol. The molecule has 4 N–H and O–H groups in total. The van der Waals surface area contributed by atoms with Crippen molar-refractivity contribution in [3.63, 3.8) is 0 Å². The number of hydrogen-bond donors (Lipinski definition) is 3. The number of hydrogen-bond acceptors (Lipinski definition) is 3. The summed E-state index contributed by atoms with van der Waals surface area (Å²) in [6.07, 6.45) is -0.0567. The maximum atomic E-state index is 12.3. The Morgan fingerprint density at radius 1 is 1.18 bits per heavy atom. The van der Waals surface area contributed by atoms with Crippen molar-refractivity contribution >= 4 is 12.0 Å². The minimum absolute atomic E-state index is 0.123. The molecule has 1 aromatic carbocycles. The Hall–Kier alpha value is -2.08. The highest BCUT2D eigenvalue weighted by molar-refractivity contribution is 5.81. The molecule has 6 heteroatoms. The van der Waals surface area contributed by atoms with Crippen molar-refractivity contribution in [2.75, 3.05) is 0 Å². The average Bonchev–Trinajstić information content (AvgIpc) is 2.80. The highest BCUT2D eigenvalue weighted by atomic mass is 16.4.